The number of allylic oxidation sites excluding steroid dienone is 2. The minimum Gasteiger partial charge on any atom is -0.390 e. The average molecular weight is 154 g/mol. The monoisotopic (exact) mass is 154 g/mol. The average Bonchev–Trinajstić information content (AvgIpc) is 2.34. The van der Waals surface area contributed by atoms with Crippen molar-refractivity contribution in [2.24, 2.45) is 0 Å². The summed E-state index contributed by atoms with van der Waals surface area (Å²) in [6, 6.07) is 0. The van der Waals surface area contributed by atoms with Gasteiger partial charge in [0.15, 0.2) is 0 Å². The lowest BCUT2D eigenvalue weighted by Crippen LogP contribution is -2.21. The topological polar surface area (TPSA) is 41.1 Å². The van der Waals surface area contributed by atoms with Crippen LogP contribution in [0.4, 0.5) is 0 Å². The fourth-order valence-electron chi connectivity index (χ4n) is 1.37. The molecule has 0 saturated heterocycles. The van der Waals surface area contributed by atoms with Crippen molar-refractivity contribution in [2.75, 3.05) is 7.05 Å². The Bertz CT molecular complexity index is 196. The summed E-state index contributed by atoms with van der Waals surface area (Å²) < 4.78 is 0. The molecular formula is C8H14N2O. The Kier molecular flexibility index (Phi) is 2.52. The Morgan fingerprint density at radius 1 is 1.36 bits per heavy atom. The van der Waals surface area contributed by atoms with Crippen LogP contribution in [0.15, 0.2) is 11.4 Å². The molecule has 11 heavy (non-hydrogen) atoms. The summed E-state index contributed by atoms with van der Waals surface area (Å²) >= 11 is 0. The lowest BCUT2D eigenvalue weighted by molar-refractivity contribution is -0.118. The summed E-state index contributed by atoms with van der Waals surface area (Å²) in [6.45, 7) is 1.54. The highest BCUT2D eigenvalue weighted by Gasteiger charge is 2.13. The second-order valence-corrected chi connectivity index (χ2v) is 2.74. The highest BCUT2D eigenvalue weighted by Crippen LogP contribution is 2.20. The zero-order valence-electron chi connectivity index (χ0n) is 7.03. The van der Waals surface area contributed by atoms with Gasteiger partial charge in [0.1, 0.15) is 0 Å². The van der Waals surface area contributed by atoms with Crippen LogP contribution in [0.25, 0.3) is 0 Å². The number of rotatable bonds is 2. The molecule has 0 atom stereocenters. The van der Waals surface area contributed by atoms with Crippen molar-refractivity contribution in [1.82, 2.24) is 10.6 Å². The van der Waals surface area contributed by atoms with Gasteiger partial charge in [-0.05, 0) is 19.3 Å². The largest absolute Gasteiger partial charge is 0.390 e. The third-order valence-corrected chi connectivity index (χ3v) is 1.85. The zero-order valence-corrected chi connectivity index (χ0v) is 7.03. The molecule has 0 bridgehead atoms. The number of carbonyl (C=O) groups excluding carboxylic acids is 1. The van der Waals surface area contributed by atoms with Crippen LogP contribution in [-0.4, -0.2) is 13.0 Å². The van der Waals surface area contributed by atoms with Gasteiger partial charge in [-0.25, -0.2) is 0 Å². The second kappa shape index (κ2) is 3.42. The summed E-state index contributed by atoms with van der Waals surface area (Å²) in [4.78, 5) is 10.7. The number of hydrogen-bond acceptors (Lipinski definition) is 2. The molecule has 62 valence electrons. The second-order valence-electron chi connectivity index (χ2n) is 2.74. The molecule has 0 unspecified atom stereocenters. The van der Waals surface area contributed by atoms with Crippen molar-refractivity contribution in [1.29, 1.82) is 0 Å². The van der Waals surface area contributed by atoms with E-state index in [1.54, 1.807) is 6.92 Å². The van der Waals surface area contributed by atoms with Crippen molar-refractivity contribution < 1.29 is 4.79 Å². The minimum atomic E-state index is 0.0228. The van der Waals surface area contributed by atoms with E-state index in [0.29, 0.717) is 0 Å². The van der Waals surface area contributed by atoms with Crippen LogP contribution in [0.2, 0.25) is 0 Å². The first-order valence-electron chi connectivity index (χ1n) is 3.91. The third kappa shape index (κ3) is 1.97. The van der Waals surface area contributed by atoms with Crippen LogP contribution in [0, 0.1) is 0 Å². The van der Waals surface area contributed by atoms with Crippen LogP contribution >= 0.6 is 0 Å². The number of hydrogen-bond donors (Lipinski definition) is 2. The fraction of sp³-hybridized carbons (Fsp3) is 0.625. The van der Waals surface area contributed by atoms with Crippen LogP contribution in [0.3, 0.4) is 0 Å². The van der Waals surface area contributed by atoms with E-state index in [1.165, 1.54) is 5.70 Å². The van der Waals surface area contributed by atoms with Gasteiger partial charge < -0.3 is 10.6 Å². The van der Waals surface area contributed by atoms with E-state index >= 15 is 0 Å². The molecule has 1 rings (SSSR count). The predicted octanol–water partition coefficient (Wildman–Crippen LogP) is 0.737. The van der Waals surface area contributed by atoms with Gasteiger partial charge in [-0.2, -0.15) is 0 Å². The molecular weight excluding hydrogens is 140 g/mol. The van der Waals surface area contributed by atoms with Crippen LogP contribution in [-0.2, 0) is 4.79 Å². The van der Waals surface area contributed by atoms with E-state index in [0.717, 1.165) is 25.0 Å². The fourth-order valence-corrected chi connectivity index (χ4v) is 1.37. The lowest BCUT2D eigenvalue weighted by atomic mass is 10.3. The molecule has 1 amide bonds. The SMILES string of the molecule is CNC1=C(NC(C)=O)CCC1. The summed E-state index contributed by atoms with van der Waals surface area (Å²) in [7, 11) is 1.89. The van der Waals surface area contributed by atoms with Crippen LogP contribution < -0.4 is 10.6 Å². The molecule has 0 aromatic carbocycles. The molecule has 0 fully saturated rings. The van der Waals surface area contributed by atoms with E-state index in [9.17, 15) is 4.79 Å². The summed E-state index contributed by atoms with van der Waals surface area (Å²) in [5.74, 6) is 0.0228. The molecule has 0 spiro atoms. The van der Waals surface area contributed by atoms with E-state index in [2.05, 4.69) is 10.6 Å². The molecule has 0 heterocycles. The van der Waals surface area contributed by atoms with Crippen molar-refractivity contribution in [3.05, 3.63) is 11.4 Å². The molecule has 0 saturated carbocycles. The number of nitrogens with one attached hydrogen (secondary N) is 2. The normalized spacial score (nSPS) is 16.9. The van der Waals surface area contributed by atoms with E-state index in [-0.39, 0.29) is 5.91 Å². The maximum Gasteiger partial charge on any atom is 0.221 e. The maximum atomic E-state index is 10.7. The third-order valence-electron chi connectivity index (χ3n) is 1.85. The maximum absolute atomic E-state index is 10.7. The van der Waals surface area contributed by atoms with Gasteiger partial charge in [0.2, 0.25) is 5.91 Å². The van der Waals surface area contributed by atoms with Crippen LogP contribution in [0.5, 0.6) is 0 Å². The zero-order chi connectivity index (χ0) is 8.27. The van der Waals surface area contributed by atoms with Crippen molar-refractivity contribution >= 4 is 5.91 Å². The Morgan fingerprint density at radius 3 is 2.55 bits per heavy atom. The van der Waals surface area contributed by atoms with Crippen LogP contribution in [0.1, 0.15) is 26.2 Å². The molecule has 0 aliphatic heterocycles. The first kappa shape index (κ1) is 8.11. The molecule has 0 aromatic rings. The molecule has 3 heteroatoms. The van der Waals surface area contributed by atoms with Crippen molar-refractivity contribution in [3.8, 4) is 0 Å². The molecule has 1 aliphatic rings. The summed E-state index contributed by atoms with van der Waals surface area (Å²) in [5, 5.41) is 5.91. The van der Waals surface area contributed by atoms with E-state index in [1.807, 2.05) is 7.05 Å². The molecule has 3 nitrogen and oxygen atoms in total. The standard InChI is InChI=1S/C8H14N2O/c1-6(11)10-8-5-3-4-7(8)9-2/h9H,3-5H2,1-2H3,(H,10,11). The van der Waals surface area contributed by atoms with E-state index in [4.69, 9.17) is 0 Å². The van der Waals surface area contributed by atoms with Crippen molar-refractivity contribution in [3.63, 3.8) is 0 Å². The molecule has 0 aromatic heterocycles. The van der Waals surface area contributed by atoms with E-state index < -0.39 is 0 Å². The molecule has 0 radical (unpaired) electrons. The predicted molar refractivity (Wildman–Crippen MR) is 43.8 cm³/mol. The molecule has 1 aliphatic carbocycles. The van der Waals surface area contributed by atoms with Crippen molar-refractivity contribution in [2.45, 2.75) is 26.2 Å². The van der Waals surface area contributed by atoms with Gasteiger partial charge in [0.25, 0.3) is 0 Å². The highest BCUT2D eigenvalue weighted by molar-refractivity contribution is 5.75. The Morgan fingerprint density at radius 2 is 2.00 bits per heavy atom. The van der Waals surface area contributed by atoms with Gasteiger partial charge in [-0.15, -0.1) is 0 Å². The smallest absolute Gasteiger partial charge is 0.221 e. The van der Waals surface area contributed by atoms with Gasteiger partial charge in [0, 0.05) is 25.4 Å². The summed E-state index contributed by atoms with van der Waals surface area (Å²) in [5.41, 5.74) is 2.25. The lowest BCUT2D eigenvalue weighted by Gasteiger charge is -2.06. The quantitative estimate of drug-likeness (QED) is 0.616. The van der Waals surface area contributed by atoms with Gasteiger partial charge in [0.05, 0.1) is 0 Å². The number of amides is 1. The minimum absolute atomic E-state index is 0.0228. The molecule has 2 N–H and O–H groups in total. The summed E-state index contributed by atoms with van der Waals surface area (Å²) in [6.07, 6.45) is 3.20. The number of carbonyl (C=O) groups is 1. The van der Waals surface area contributed by atoms with Gasteiger partial charge in [-0.1, -0.05) is 0 Å². The Balaban J connectivity index is 2.59. The van der Waals surface area contributed by atoms with Gasteiger partial charge >= 0.3 is 0 Å². The Labute approximate surface area is 66.9 Å². The highest BCUT2D eigenvalue weighted by atomic mass is 16.1. The van der Waals surface area contributed by atoms with Gasteiger partial charge in [-0.3, -0.25) is 4.79 Å². The Hall–Kier alpha value is -0.990. The first-order valence-corrected chi connectivity index (χ1v) is 3.91. The first-order chi connectivity index (χ1) is 5.24.